The van der Waals surface area contributed by atoms with Gasteiger partial charge in [0.2, 0.25) is 18.6 Å². The molecule has 25 heavy (non-hydrogen) atoms. The number of carbonyl (C=O) groups excluding carboxylic acids is 2. The molecule has 2 aromatic carbocycles. The topological polar surface area (TPSA) is 76.7 Å². The maximum Gasteiger partial charge on any atom is 0.232 e. The summed E-state index contributed by atoms with van der Waals surface area (Å²) in [5, 5.41) is 5.70. The van der Waals surface area contributed by atoms with Crippen LogP contribution in [-0.4, -0.2) is 18.6 Å². The van der Waals surface area contributed by atoms with Crippen LogP contribution in [0.1, 0.15) is 29.0 Å². The van der Waals surface area contributed by atoms with Crippen LogP contribution in [0.3, 0.4) is 0 Å². The maximum absolute atomic E-state index is 12.3. The molecule has 2 aliphatic heterocycles. The van der Waals surface area contributed by atoms with E-state index < -0.39 is 5.92 Å². The Balaban J connectivity index is 1.40. The first-order chi connectivity index (χ1) is 12.1. The van der Waals surface area contributed by atoms with Crippen molar-refractivity contribution in [2.45, 2.75) is 25.8 Å². The van der Waals surface area contributed by atoms with Gasteiger partial charge in [-0.2, -0.15) is 0 Å². The van der Waals surface area contributed by atoms with Crippen LogP contribution in [0.5, 0.6) is 11.5 Å². The maximum atomic E-state index is 12.3. The highest BCUT2D eigenvalue weighted by Crippen LogP contribution is 2.35. The number of amides is 2. The Morgan fingerprint density at radius 1 is 1.20 bits per heavy atom. The minimum absolute atomic E-state index is 0.126. The highest BCUT2D eigenvalue weighted by atomic mass is 16.7. The van der Waals surface area contributed by atoms with Crippen LogP contribution in [0.2, 0.25) is 0 Å². The summed E-state index contributed by atoms with van der Waals surface area (Å²) in [5.41, 5.74) is 3.68. The van der Waals surface area contributed by atoms with E-state index in [1.165, 1.54) is 0 Å². The number of carbonyl (C=O) groups is 2. The van der Waals surface area contributed by atoms with Crippen molar-refractivity contribution in [2.75, 3.05) is 12.1 Å². The molecule has 0 saturated carbocycles. The van der Waals surface area contributed by atoms with Crippen LogP contribution >= 0.6 is 0 Å². The summed E-state index contributed by atoms with van der Waals surface area (Å²) >= 11 is 0. The molecule has 0 spiro atoms. The number of ether oxygens (including phenoxy) is 2. The number of rotatable bonds is 4. The molecule has 0 bridgehead atoms. The molecule has 4 rings (SSSR count). The standard InChI is InChI=1S/C19H18N2O4/c1-11-2-4-15-13(6-11)14(19(23)21-15)8-18(22)20-9-12-3-5-16-17(7-12)25-10-24-16/h2-7,14H,8-10H2,1H3,(H,20,22)(H,21,23). The minimum atomic E-state index is -0.438. The van der Waals surface area contributed by atoms with Gasteiger partial charge in [-0.25, -0.2) is 0 Å². The Labute approximate surface area is 145 Å². The third kappa shape index (κ3) is 3.03. The average Bonchev–Trinajstić information content (AvgIpc) is 3.17. The van der Waals surface area contributed by atoms with E-state index in [1.807, 2.05) is 43.3 Å². The van der Waals surface area contributed by atoms with E-state index in [0.717, 1.165) is 22.4 Å². The van der Waals surface area contributed by atoms with Crippen molar-refractivity contribution in [3.05, 3.63) is 53.1 Å². The summed E-state index contributed by atoms with van der Waals surface area (Å²) in [6, 6.07) is 11.4. The van der Waals surface area contributed by atoms with E-state index in [2.05, 4.69) is 10.6 Å². The molecule has 2 aliphatic rings. The fourth-order valence-corrected chi connectivity index (χ4v) is 3.16. The number of nitrogens with one attached hydrogen (secondary N) is 2. The smallest absolute Gasteiger partial charge is 0.232 e. The van der Waals surface area contributed by atoms with Crippen molar-refractivity contribution in [3.8, 4) is 11.5 Å². The van der Waals surface area contributed by atoms with Crippen molar-refractivity contribution in [3.63, 3.8) is 0 Å². The zero-order chi connectivity index (χ0) is 17.4. The molecule has 2 amide bonds. The average molecular weight is 338 g/mol. The highest BCUT2D eigenvalue weighted by Gasteiger charge is 2.32. The second-order valence-corrected chi connectivity index (χ2v) is 6.30. The SMILES string of the molecule is Cc1ccc2c(c1)C(CC(=O)NCc1ccc3c(c1)OCO3)C(=O)N2. The number of anilines is 1. The lowest BCUT2D eigenvalue weighted by Gasteiger charge is -2.10. The highest BCUT2D eigenvalue weighted by molar-refractivity contribution is 6.05. The molecule has 0 radical (unpaired) electrons. The summed E-state index contributed by atoms with van der Waals surface area (Å²) in [4.78, 5) is 24.5. The first kappa shape index (κ1) is 15.5. The first-order valence-corrected chi connectivity index (χ1v) is 8.17. The molecule has 0 saturated heterocycles. The summed E-state index contributed by atoms with van der Waals surface area (Å²) < 4.78 is 10.6. The van der Waals surface area contributed by atoms with E-state index in [-0.39, 0.29) is 25.0 Å². The molecule has 1 atom stereocenters. The molecule has 0 aromatic heterocycles. The Morgan fingerprint density at radius 2 is 2.04 bits per heavy atom. The van der Waals surface area contributed by atoms with Crippen molar-refractivity contribution in [1.29, 1.82) is 0 Å². The minimum Gasteiger partial charge on any atom is -0.454 e. The van der Waals surface area contributed by atoms with Gasteiger partial charge in [-0.05, 0) is 36.2 Å². The Morgan fingerprint density at radius 3 is 2.92 bits per heavy atom. The van der Waals surface area contributed by atoms with E-state index in [0.29, 0.717) is 18.0 Å². The number of hydrogen-bond acceptors (Lipinski definition) is 4. The second-order valence-electron chi connectivity index (χ2n) is 6.30. The third-order valence-electron chi connectivity index (χ3n) is 4.47. The summed E-state index contributed by atoms with van der Waals surface area (Å²) in [7, 11) is 0. The zero-order valence-corrected chi connectivity index (χ0v) is 13.8. The van der Waals surface area contributed by atoms with Crippen LogP contribution in [0.15, 0.2) is 36.4 Å². The van der Waals surface area contributed by atoms with Crippen molar-refractivity contribution >= 4 is 17.5 Å². The van der Waals surface area contributed by atoms with Gasteiger partial charge in [0.25, 0.3) is 0 Å². The quantitative estimate of drug-likeness (QED) is 0.898. The van der Waals surface area contributed by atoms with Crippen molar-refractivity contribution < 1.29 is 19.1 Å². The number of benzene rings is 2. The lowest BCUT2D eigenvalue weighted by molar-refractivity contribution is -0.125. The summed E-state index contributed by atoms with van der Waals surface area (Å²) in [5.74, 6) is 0.675. The lowest BCUT2D eigenvalue weighted by atomic mass is 9.95. The van der Waals surface area contributed by atoms with Crippen LogP contribution in [-0.2, 0) is 16.1 Å². The van der Waals surface area contributed by atoms with Gasteiger partial charge in [0, 0.05) is 18.7 Å². The van der Waals surface area contributed by atoms with Crippen molar-refractivity contribution in [2.24, 2.45) is 0 Å². The van der Waals surface area contributed by atoms with Crippen LogP contribution in [0.4, 0.5) is 5.69 Å². The second kappa shape index (κ2) is 6.12. The van der Waals surface area contributed by atoms with Gasteiger partial charge in [0.1, 0.15) is 0 Å². The van der Waals surface area contributed by atoms with Gasteiger partial charge in [-0.3, -0.25) is 9.59 Å². The summed E-state index contributed by atoms with van der Waals surface area (Å²) in [6.07, 6.45) is 0.132. The molecule has 1 unspecified atom stereocenters. The van der Waals surface area contributed by atoms with Gasteiger partial charge in [-0.15, -0.1) is 0 Å². The van der Waals surface area contributed by atoms with Crippen LogP contribution in [0.25, 0.3) is 0 Å². The van der Waals surface area contributed by atoms with Gasteiger partial charge in [0.05, 0.1) is 5.92 Å². The number of fused-ring (bicyclic) bond motifs is 2. The van der Waals surface area contributed by atoms with Crippen LogP contribution in [0, 0.1) is 6.92 Å². The first-order valence-electron chi connectivity index (χ1n) is 8.17. The van der Waals surface area contributed by atoms with E-state index in [1.54, 1.807) is 0 Å². The van der Waals surface area contributed by atoms with Crippen LogP contribution < -0.4 is 20.1 Å². The van der Waals surface area contributed by atoms with E-state index >= 15 is 0 Å². The largest absolute Gasteiger partial charge is 0.454 e. The Kier molecular flexibility index (Phi) is 3.80. The molecule has 128 valence electrons. The molecule has 2 heterocycles. The predicted molar refractivity (Wildman–Crippen MR) is 91.6 cm³/mol. The lowest BCUT2D eigenvalue weighted by Crippen LogP contribution is -2.26. The van der Waals surface area contributed by atoms with Gasteiger partial charge < -0.3 is 20.1 Å². The molecular formula is C19H18N2O4. The normalized spacial score (nSPS) is 17.2. The molecule has 0 fully saturated rings. The van der Waals surface area contributed by atoms with Gasteiger partial charge in [-0.1, -0.05) is 23.8 Å². The number of aryl methyl sites for hydroxylation is 1. The molecular weight excluding hydrogens is 320 g/mol. The van der Waals surface area contributed by atoms with E-state index in [9.17, 15) is 9.59 Å². The fraction of sp³-hybridized carbons (Fsp3) is 0.263. The molecule has 6 heteroatoms. The van der Waals surface area contributed by atoms with Crippen molar-refractivity contribution in [1.82, 2.24) is 5.32 Å². The van der Waals surface area contributed by atoms with Gasteiger partial charge >= 0.3 is 0 Å². The third-order valence-corrected chi connectivity index (χ3v) is 4.47. The monoisotopic (exact) mass is 338 g/mol. The predicted octanol–water partition coefficient (Wildman–Crippen LogP) is 2.47. The van der Waals surface area contributed by atoms with Gasteiger partial charge in [0.15, 0.2) is 11.5 Å². The Hall–Kier alpha value is -3.02. The molecule has 0 aliphatic carbocycles. The molecule has 2 aromatic rings. The van der Waals surface area contributed by atoms with E-state index in [4.69, 9.17) is 9.47 Å². The number of hydrogen-bond donors (Lipinski definition) is 2. The fourth-order valence-electron chi connectivity index (χ4n) is 3.16. The molecule has 6 nitrogen and oxygen atoms in total. The summed E-state index contributed by atoms with van der Waals surface area (Å²) in [6.45, 7) is 2.57. The Bertz CT molecular complexity index is 862. The molecule has 2 N–H and O–H groups in total. The zero-order valence-electron chi connectivity index (χ0n) is 13.8.